The SMILES string of the molecule is CC(C)[C@](C)(O)COc1ccc(CNC(=O)N(Cc2ccc(F)cc2F)C2CCN(C(=O)OC(C)(C)C)CC2)cc1. The smallest absolute Gasteiger partial charge is 0.410 e. The number of halogens is 2. The Morgan fingerprint density at radius 1 is 1.07 bits per heavy atom. The van der Waals surface area contributed by atoms with Crippen molar-refractivity contribution in [1.82, 2.24) is 15.1 Å². The molecule has 0 saturated carbocycles. The lowest BCUT2D eigenvalue weighted by Crippen LogP contribution is -2.51. The molecule has 0 aliphatic carbocycles. The molecule has 2 aromatic carbocycles. The molecule has 8 nitrogen and oxygen atoms in total. The molecule has 3 amide bonds. The summed E-state index contributed by atoms with van der Waals surface area (Å²) in [4.78, 5) is 29.1. The lowest BCUT2D eigenvalue weighted by Gasteiger charge is -2.39. The van der Waals surface area contributed by atoms with Crippen molar-refractivity contribution < 1.29 is 33.0 Å². The summed E-state index contributed by atoms with van der Waals surface area (Å²) in [5.41, 5.74) is -0.537. The van der Waals surface area contributed by atoms with Gasteiger partial charge in [-0.2, -0.15) is 0 Å². The van der Waals surface area contributed by atoms with Crippen LogP contribution in [0.25, 0.3) is 0 Å². The average molecular weight is 576 g/mol. The molecule has 0 unspecified atom stereocenters. The molecule has 41 heavy (non-hydrogen) atoms. The Labute approximate surface area is 241 Å². The molecule has 1 aliphatic rings. The molecule has 0 aromatic heterocycles. The number of nitrogens with zero attached hydrogens (tertiary/aromatic N) is 2. The number of carbonyl (C=O) groups excluding carboxylic acids is 2. The second-order valence-electron chi connectivity index (χ2n) is 12.2. The maximum absolute atomic E-state index is 14.5. The Morgan fingerprint density at radius 2 is 1.71 bits per heavy atom. The summed E-state index contributed by atoms with van der Waals surface area (Å²) in [6.45, 7) is 12.1. The van der Waals surface area contributed by atoms with Crippen LogP contribution in [0.4, 0.5) is 18.4 Å². The van der Waals surface area contributed by atoms with Crippen molar-refractivity contribution in [2.24, 2.45) is 5.92 Å². The van der Waals surface area contributed by atoms with E-state index < -0.39 is 35.0 Å². The molecule has 0 radical (unpaired) electrons. The van der Waals surface area contributed by atoms with Gasteiger partial charge in [-0.05, 0) is 70.2 Å². The van der Waals surface area contributed by atoms with E-state index in [-0.39, 0.29) is 37.2 Å². The zero-order valence-electron chi connectivity index (χ0n) is 24.9. The predicted octanol–water partition coefficient (Wildman–Crippen LogP) is 5.86. The van der Waals surface area contributed by atoms with E-state index in [4.69, 9.17) is 9.47 Å². The minimum Gasteiger partial charge on any atom is -0.491 e. The lowest BCUT2D eigenvalue weighted by molar-refractivity contribution is -0.0266. The minimum absolute atomic E-state index is 0.0351. The molecule has 2 aromatic rings. The van der Waals surface area contributed by atoms with Crippen molar-refractivity contribution in [1.29, 1.82) is 0 Å². The van der Waals surface area contributed by atoms with Crippen LogP contribution in [0.5, 0.6) is 5.75 Å². The molecule has 2 N–H and O–H groups in total. The maximum Gasteiger partial charge on any atom is 0.410 e. The molecule has 1 fully saturated rings. The third-order valence-corrected chi connectivity index (χ3v) is 7.32. The van der Waals surface area contributed by atoms with Crippen molar-refractivity contribution in [3.8, 4) is 5.75 Å². The van der Waals surface area contributed by atoms with Crippen LogP contribution in [-0.2, 0) is 17.8 Å². The van der Waals surface area contributed by atoms with Gasteiger partial charge in [0, 0.05) is 37.3 Å². The van der Waals surface area contributed by atoms with Crippen LogP contribution in [0, 0.1) is 17.6 Å². The second kappa shape index (κ2) is 13.5. The Bertz CT molecular complexity index is 1170. The van der Waals surface area contributed by atoms with E-state index >= 15 is 0 Å². The topological polar surface area (TPSA) is 91.3 Å². The van der Waals surface area contributed by atoms with E-state index in [2.05, 4.69) is 5.32 Å². The predicted molar refractivity (Wildman–Crippen MR) is 152 cm³/mol. The van der Waals surface area contributed by atoms with Gasteiger partial charge in [0.15, 0.2) is 0 Å². The molecular weight excluding hydrogens is 532 g/mol. The summed E-state index contributed by atoms with van der Waals surface area (Å²) in [5, 5.41) is 13.3. The first kappa shape index (κ1) is 32.1. The standard InChI is InChI=1S/C31H43F2N3O5/c1-21(2)31(6,39)20-40-26-11-7-22(8-12-26)18-34-28(37)36(19-23-9-10-24(32)17-27(23)33)25-13-15-35(16-14-25)29(38)41-30(3,4)5/h7-12,17,21,25,39H,13-16,18-20H2,1-6H3,(H,34,37)/t31-/m1/s1. The summed E-state index contributed by atoms with van der Waals surface area (Å²) in [7, 11) is 0. The highest BCUT2D eigenvalue weighted by molar-refractivity contribution is 5.75. The largest absolute Gasteiger partial charge is 0.491 e. The van der Waals surface area contributed by atoms with Crippen molar-refractivity contribution in [2.45, 2.75) is 84.7 Å². The molecule has 1 aliphatic heterocycles. The van der Waals surface area contributed by atoms with Crippen molar-refractivity contribution in [3.05, 3.63) is 65.2 Å². The third kappa shape index (κ3) is 9.59. The molecule has 3 rings (SSSR count). The highest BCUT2D eigenvalue weighted by Gasteiger charge is 2.32. The van der Waals surface area contributed by atoms with E-state index in [0.717, 1.165) is 11.6 Å². The normalized spacial score (nSPS) is 15.8. The molecular formula is C31H43F2N3O5. The van der Waals surface area contributed by atoms with Gasteiger partial charge < -0.3 is 29.7 Å². The summed E-state index contributed by atoms with van der Waals surface area (Å²) >= 11 is 0. The lowest BCUT2D eigenvalue weighted by atomic mass is 9.94. The van der Waals surface area contributed by atoms with E-state index in [1.165, 1.54) is 12.1 Å². The number of ether oxygens (including phenoxy) is 2. The zero-order chi connectivity index (χ0) is 30.4. The zero-order valence-corrected chi connectivity index (χ0v) is 24.9. The third-order valence-electron chi connectivity index (χ3n) is 7.32. The fourth-order valence-corrected chi connectivity index (χ4v) is 4.27. The Hall–Kier alpha value is -3.40. The first-order valence-corrected chi connectivity index (χ1v) is 14.0. The number of urea groups is 1. The van der Waals surface area contributed by atoms with Crippen LogP contribution >= 0.6 is 0 Å². The van der Waals surface area contributed by atoms with Gasteiger partial charge in [0.25, 0.3) is 0 Å². The van der Waals surface area contributed by atoms with Gasteiger partial charge in [-0.1, -0.05) is 32.0 Å². The van der Waals surface area contributed by atoms with Crippen LogP contribution < -0.4 is 10.1 Å². The maximum atomic E-state index is 14.5. The molecule has 0 spiro atoms. The monoisotopic (exact) mass is 575 g/mol. The van der Waals surface area contributed by atoms with Crippen LogP contribution in [0.2, 0.25) is 0 Å². The van der Waals surface area contributed by atoms with E-state index in [1.54, 1.807) is 49.6 Å². The van der Waals surface area contributed by atoms with E-state index in [0.29, 0.717) is 31.7 Å². The van der Waals surface area contributed by atoms with Gasteiger partial charge in [-0.25, -0.2) is 18.4 Å². The van der Waals surface area contributed by atoms with Gasteiger partial charge in [0.05, 0.1) is 12.1 Å². The van der Waals surface area contributed by atoms with Gasteiger partial charge in [0.2, 0.25) is 0 Å². The molecule has 1 atom stereocenters. The van der Waals surface area contributed by atoms with Crippen molar-refractivity contribution in [2.75, 3.05) is 19.7 Å². The minimum atomic E-state index is -0.955. The van der Waals surface area contributed by atoms with Gasteiger partial charge in [-0.3, -0.25) is 0 Å². The number of hydrogen-bond donors (Lipinski definition) is 2. The number of piperidine rings is 1. The fourth-order valence-electron chi connectivity index (χ4n) is 4.27. The highest BCUT2D eigenvalue weighted by atomic mass is 19.1. The first-order valence-electron chi connectivity index (χ1n) is 14.0. The Kier molecular flexibility index (Phi) is 10.6. The van der Waals surface area contributed by atoms with Crippen molar-refractivity contribution >= 4 is 12.1 Å². The van der Waals surface area contributed by atoms with E-state index in [1.807, 2.05) is 26.0 Å². The fraction of sp³-hybridized carbons (Fsp3) is 0.548. The van der Waals surface area contributed by atoms with Crippen molar-refractivity contribution in [3.63, 3.8) is 0 Å². The molecule has 1 saturated heterocycles. The molecule has 1 heterocycles. The van der Waals surface area contributed by atoms with E-state index in [9.17, 15) is 23.5 Å². The second-order valence-corrected chi connectivity index (χ2v) is 12.2. The number of aliphatic hydroxyl groups is 1. The number of nitrogens with one attached hydrogen (secondary N) is 1. The van der Waals surface area contributed by atoms with Gasteiger partial charge in [-0.15, -0.1) is 0 Å². The number of amides is 3. The molecule has 10 heteroatoms. The summed E-state index contributed by atoms with van der Waals surface area (Å²) in [5.74, 6) is -0.770. The summed E-state index contributed by atoms with van der Waals surface area (Å²) < 4.78 is 39.2. The number of carbonyl (C=O) groups is 2. The number of benzene rings is 2. The van der Waals surface area contributed by atoms with Crippen LogP contribution in [0.3, 0.4) is 0 Å². The summed E-state index contributed by atoms with van der Waals surface area (Å²) in [6, 6.07) is 9.86. The quantitative estimate of drug-likeness (QED) is 0.391. The van der Waals surface area contributed by atoms with Gasteiger partial charge in [0.1, 0.15) is 29.6 Å². The Morgan fingerprint density at radius 3 is 2.27 bits per heavy atom. The number of likely N-dealkylation sites (tertiary alicyclic amines) is 1. The van der Waals surface area contributed by atoms with Crippen LogP contribution in [0.1, 0.15) is 65.5 Å². The number of rotatable bonds is 9. The first-order chi connectivity index (χ1) is 19.1. The highest BCUT2D eigenvalue weighted by Crippen LogP contribution is 2.23. The van der Waals surface area contributed by atoms with Crippen LogP contribution in [0.15, 0.2) is 42.5 Å². The molecule has 0 bridgehead atoms. The summed E-state index contributed by atoms with van der Waals surface area (Å²) in [6.07, 6.45) is 0.570. The molecule has 226 valence electrons. The van der Waals surface area contributed by atoms with Gasteiger partial charge >= 0.3 is 12.1 Å². The van der Waals surface area contributed by atoms with Crippen LogP contribution in [-0.4, -0.2) is 64.0 Å². The average Bonchev–Trinajstić information content (AvgIpc) is 2.90. The Balaban J connectivity index is 1.65. The number of hydrogen-bond acceptors (Lipinski definition) is 5.